The Balaban J connectivity index is 0.00000109. The summed E-state index contributed by atoms with van der Waals surface area (Å²) >= 11 is 10.4. The number of benzene rings is 2. The van der Waals surface area contributed by atoms with Gasteiger partial charge in [0.25, 0.3) is 0 Å². The van der Waals surface area contributed by atoms with Gasteiger partial charge in [-0.1, -0.05) is 81.4 Å². The van der Waals surface area contributed by atoms with Gasteiger partial charge in [-0.25, -0.2) is 13.1 Å². The molecule has 10 heteroatoms. The van der Waals surface area contributed by atoms with E-state index in [1.54, 1.807) is 0 Å². The maximum atomic E-state index is 11.9. The first-order valence-electron chi connectivity index (χ1n) is 12.1. The molecule has 0 saturated heterocycles. The average molecular weight is 762 g/mol. The molecule has 202 valence electrons. The molecule has 0 spiro atoms. The lowest BCUT2D eigenvalue weighted by Gasteiger charge is -2.50. The molecular formula is C26H38ClI2N3O3S. The smallest absolute Gasteiger partial charge is 0.211 e. The van der Waals surface area contributed by atoms with Crippen molar-refractivity contribution in [1.29, 1.82) is 0 Å². The molecule has 0 bridgehead atoms. The molecule has 1 aliphatic carbocycles. The van der Waals surface area contributed by atoms with Crippen molar-refractivity contribution in [3.8, 4) is 5.75 Å². The van der Waals surface area contributed by atoms with Crippen molar-refractivity contribution in [3.63, 3.8) is 0 Å². The summed E-state index contributed by atoms with van der Waals surface area (Å²) in [4.78, 5) is 3.94. The van der Waals surface area contributed by atoms with Gasteiger partial charge >= 0.3 is 0 Å². The standard InChI is InChI=1S/C24H32ClN3O3S.2CH3I/c25-20-6-4-19(5-7-20)24(10-1-11-24)23-22-17-21(8-3-18(22)9-13-27-23)31-15-2-16-32(29,30)28-14-12-26;2*1-2/h3-8,17,23,27-28H,1-2,9-16,26H2;2*1H3. The second kappa shape index (κ2) is 16.0. The van der Waals surface area contributed by atoms with Crippen LogP contribution in [0.1, 0.15) is 48.4 Å². The number of rotatable bonds is 10. The Morgan fingerprint density at radius 3 is 2.44 bits per heavy atom. The number of nitrogens with one attached hydrogen (secondary N) is 2. The van der Waals surface area contributed by atoms with Gasteiger partial charge in [-0.3, -0.25) is 0 Å². The van der Waals surface area contributed by atoms with Gasteiger partial charge in [0.2, 0.25) is 10.0 Å². The highest BCUT2D eigenvalue weighted by Gasteiger charge is 2.47. The number of hydrogen-bond acceptors (Lipinski definition) is 5. The third-order valence-corrected chi connectivity index (χ3v) is 8.40. The Morgan fingerprint density at radius 2 is 1.83 bits per heavy atom. The van der Waals surface area contributed by atoms with E-state index < -0.39 is 10.0 Å². The van der Waals surface area contributed by atoms with E-state index >= 15 is 0 Å². The normalized spacial score (nSPS) is 17.9. The summed E-state index contributed by atoms with van der Waals surface area (Å²) < 4.78 is 32.2. The van der Waals surface area contributed by atoms with Crippen LogP contribution in [-0.4, -0.2) is 50.3 Å². The van der Waals surface area contributed by atoms with Gasteiger partial charge in [0.15, 0.2) is 0 Å². The lowest BCUT2D eigenvalue weighted by Crippen LogP contribution is -2.49. The second-order valence-electron chi connectivity index (χ2n) is 8.72. The number of nitrogens with two attached hydrogens (primary N) is 1. The molecule has 0 aromatic heterocycles. The van der Waals surface area contributed by atoms with E-state index in [1.165, 1.54) is 23.1 Å². The highest BCUT2D eigenvalue weighted by Crippen LogP contribution is 2.53. The molecule has 6 nitrogen and oxygen atoms in total. The summed E-state index contributed by atoms with van der Waals surface area (Å²) in [6.45, 7) is 1.86. The maximum Gasteiger partial charge on any atom is 0.211 e. The zero-order chi connectivity index (χ0) is 26.6. The van der Waals surface area contributed by atoms with E-state index in [4.69, 9.17) is 22.1 Å². The zero-order valence-electron chi connectivity index (χ0n) is 21.0. The fourth-order valence-corrected chi connectivity index (χ4v) is 6.12. The molecule has 2 aliphatic rings. The van der Waals surface area contributed by atoms with E-state index in [0.717, 1.165) is 36.6 Å². The molecule has 2 aromatic carbocycles. The minimum absolute atomic E-state index is 0.0296. The van der Waals surface area contributed by atoms with Gasteiger partial charge in [0, 0.05) is 29.6 Å². The summed E-state index contributed by atoms with van der Waals surface area (Å²) in [5, 5.41) is 4.54. The highest BCUT2D eigenvalue weighted by atomic mass is 127. The Morgan fingerprint density at radius 1 is 1.14 bits per heavy atom. The fourth-order valence-electron chi connectivity index (χ4n) is 4.92. The Kier molecular flexibility index (Phi) is 14.3. The molecule has 1 fully saturated rings. The summed E-state index contributed by atoms with van der Waals surface area (Å²) in [6, 6.07) is 14.8. The van der Waals surface area contributed by atoms with Crippen molar-refractivity contribution in [2.45, 2.75) is 43.6 Å². The average Bonchev–Trinajstić information content (AvgIpc) is 2.88. The lowest BCUT2D eigenvalue weighted by atomic mass is 9.58. The van der Waals surface area contributed by atoms with Crippen molar-refractivity contribution in [3.05, 3.63) is 64.2 Å². The molecule has 1 aliphatic heterocycles. The first-order valence-corrected chi connectivity index (χ1v) is 18.5. The van der Waals surface area contributed by atoms with Crippen LogP contribution in [0, 0.1) is 0 Å². The molecular weight excluding hydrogens is 724 g/mol. The van der Waals surface area contributed by atoms with Gasteiger partial charge in [-0.2, -0.15) is 0 Å². The molecule has 1 unspecified atom stereocenters. The third kappa shape index (κ3) is 8.41. The van der Waals surface area contributed by atoms with Crippen LogP contribution in [0.5, 0.6) is 5.75 Å². The molecule has 1 atom stereocenters. The number of hydrogen-bond donors (Lipinski definition) is 3. The van der Waals surface area contributed by atoms with E-state index in [2.05, 4.69) is 79.5 Å². The Bertz CT molecular complexity index is 1040. The van der Waals surface area contributed by atoms with Crippen molar-refractivity contribution >= 4 is 66.8 Å². The minimum atomic E-state index is -3.30. The number of halogens is 3. The zero-order valence-corrected chi connectivity index (χ0v) is 26.9. The highest BCUT2D eigenvalue weighted by molar-refractivity contribution is 14.1. The van der Waals surface area contributed by atoms with E-state index in [0.29, 0.717) is 13.0 Å². The quantitative estimate of drug-likeness (QED) is 0.172. The molecule has 4 rings (SSSR count). The van der Waals surface area contributed by atoms with Crippen LogP contribution in [0.15, 0.2) is 42.5 Å². The van der Waals surface area contributed by atoms with E-state index in [9.17, 15) is 8.42 Å². The third-order valence-electron chi connectivity index (χ3n) is 6.68. The van der Waals surface area contributed by atoms with Gasteiger partial charge < -0.3 is 15.8 Å². The van der Waals surface area contributed by atoms with Crippen molar-refractivity contribution in [2.24, 2.45) is 5.73 Å². The predicted octanol–water partition coefficient (Wildman–Crippen LogP) is 5.40. The number of ether oxygens (including phenoxy) is 1. The summed E-state index contributed by atoms with van der Waals surface area (Å²) in [7, 11) is -3.30. The maximum absolute atomic E-state index is 11.9. The van der Waals surface area contributed by atoms with Crippen LogP contribution < -0.4 is 20.5 Å². The Hall–Kier alpha value is -0.180. The second-order valence-corrected chi connectivity index (χ2v) is 11.1. The number of alkyl halides is 2. The minimum Gasteiger partial charge on any atom is -0.494 e. The van der Waals surface area contributed by atoms with Gasteiger partial charge in [-0.15, -0.1) is 0 Å². The lowest BCUT2D eigenvalue weighted by molar-refractivity contribution is 0.164. The van der Waals surface area contributed by atoms with Crippen LogP contribution in [0.2, 0.25) is 5.02 Å². The Labute approximate surface area is 249 Å². The predicted molar refractivity (Wildman–Crippen MR) is 169 cm³/mol. The molecule has 1 saturated carbocycles. The van der Waals surface area contributed by atoms with Crippen LogP contribution >= 0.6 is 56.8 Å². The van der Waals surface area contributed by atoms with Crippen molar-refractivity contribution in [1.82, 2.24) is 10.0 Å². The molecule has 4 N–H and O–H groups in total. The topological polar surface area (TPSA) is 93.5 Å². The monoisotopic (exact) mass is 761 g/mol. The first-order chi connectivity index (χ1) is 17.4. The summed E-state index contributed by atoms with van der Waals surface area (Å²) in [5.74, 6) is 0.817. The molecule has 36 heavy (non-hydrogen) atoms. The molecule has 0 amide bonds. The molecule has 2 aromatic rings. The van der Waals surface area contributed by atoms with Crippen LogP contribution in [0.4, 0.5) is 0 Å². The summed E-state index contributed by atoms with van der Waals surface area (Å²) in [6.07, 6.45) is 4.93. The fraction of sp³-hybridized carbons (Fsp3) is 0.538. The van der Waals surface area contributed by atoms with E-state index in [-0.39, 0.29) is 30.3 Å². The van der Waals surface area contributed by atoms with Gasteiger partial charge in [-0.05, 0) is 83.0 Å². The van der Waals surface area contributed by atoms with Crippen molar-refractivity contribution < 1.29 is 13.2 Å². The SMILES string of the molecule is CI.CI.NCCNS(=O)(=O)CCCOc1ccc2c(c1)C(C1(c3ccc(Cl)cc3)CCC1)NCC2. The first kappa shape index (κ1) is 32.0. The van der Waals surface area contributed by atoms with Gasteiger partial charge in [0.05, 0.1) is 12.4 Å². The summed E-state index contributed by atoms with van der Waals surface area (Å²) in [5.41, 5.74) is 9.41. The molecule has 1 heterocycles. The van der Waals surface area contributed by atoms with Crippen LogP contribution in [0.25, 0.3) is 0 Å². The number of sulfonamides is 1. The molecule has 0 radical (unpaired) electrons. The number of fused-ring (bicyclic) bond motifs is 1. The largest absolute Gasteiger partial charge is 0.494 e. The van der Waals surface area contributed by atoms with Crippen molar-refractivity contribution in [2.75, 3.05) is 41.9 Å². The van der Waals surface area contributed by atoms with Crippen LogP contribution in [-0.2, 0) is 21.9 Å². The van der Waals surface area contributed by atoms with Crippen LogP contribution in [0.3, 0.4) is 0 Å². The van der Waals surface area contributed by atoms with Gasteiger partial charge in [0.1, 0.15) is 5.75 Å². The van der Waals surface area contributed by atoms with E-state index in [1.807, 2.05) is 28.1 Å².